The summed E-state index contributed by atoms with van der Waals surface area (Å²) in [5.41, 5.74) is -0.773. The minimum absolute atomic E-state index is 0.0108. The molecule has 0 atom stereocenters. The van der Waals surface area contributed by atoms with Crippen molar-refractivity contribution in [1.82, 2.24) is 4.98 Å². The molecule has 0 spiro atoms. The smallest absolute Gasteiger partial charge is 0.216 e. The molecule has 0 radical (unpaired) electrons. The summed E-state index contributed by atoms with van der Waals surface area (Å²) < 4.78 is 49.2. The molecule has 1 heterocycles. The molecule has 0 aliphatic carbocycles. The fourth-order valence-electron chi connectivity index (χ4n) is 0.813. The molecule has 0 aliphatic rings. The van der Waals surface area contributed by atoms with E-state index in [0.29, 0.717) is 6.07 Å². The van der Waals surface area contributed by atoms with Gasteiger partial charge in [-0.1, -0.05) is 15.9 Å². The second-order valence-corrected chi connectivity index (χ2v) is 2.80. The fraction of sp³-hybridized carbons (Fsp3) is 0.286. The number of halogens is 5. The van der Waals surface area contributed by atoms with Crippen LogP contribution in [0.2, 0.25) is 0 Å². The molecule has 0 saturated carbocycles. The summed E-state index contributed by atoms with van der Waals surface area (Å²) in [5.74, 6) is -2.72. The van der Waals surface area contributed by atoms with E-state index < -0.39 is 23.9 Å². The average molecular weight is 258 g/mol. The summed E-state index contributed by atoms with van der Waals surface area (Å²) in [6, 6.07) is 0.707. The maximum atomic E-state index is 12.5. The van der Waals surface area contributed by atoms with Gasteiger partial charge in [0.2, 0.25) is 5.95 Å². The predicted molar refractivity (Wildman–Crippen MR) is 41.7 cm³/mol. The van der Waals surface area contributed by atoms with Gasteiger partial charge in [0.05, 0.1) is 0 Å². The average Bonchev–Trinajstić information content (AvgIpc) is 2.08. The molecule has 0 saturated heterocycles. The van der Waals surface area contributed by atoms with Gasteiger partial charge in [-0.15, -0.1) is 0 Å². The molecule has 0 bridgehead atoms. The summed E-state index contributed by atoms with van der Waals surface area (Å²) in [7, 11) is 0. The summed E-state index contributed by atoms with van der Waals surface area (Å²) >= 11 is 2.87. The van der Waals surface area contributed by atoms with Crippen LogP contribution in [0.15, 0.2) is 6.07 Å². The number of hydrogen-bond donors (Lipinski definition) is 0. The van der Waals surface area contributed by atoms with Crippen LogP contribution >= 0.6 is 15.9 Å². The van der Waals surface area contributed by atoms with Crippen LogP contribution in [0.5, 0.6) is 0 Å². The molecule has 1 rings (SSSR count). The van der Waals surface area contributed by atoms with E-state index in [1.54, 1.807) is 0 Å². The zero-order valence-corrected chi connectivity index (χ0v) is 7.78. The van der Waals surface area contributed by atoms with Gasteiger partial charge in [0, 0.05) is 5.33 Å². The van der Waals surface area contributed by atoms with Gasteiger partial charge in [0.1, 0.15) is 5.69 Å². The fourth-order valence-corrected chi connectivity index (χ4v) is 1.26. The zero-order chi connectivity index (χ0) is 10.0. The minimum atomic E-state index is -2.90. The second-order valence-electron chi connectivity index (χ2n) is 2.24. The van der Waals surface area contributed by atoms with Crippen molar-refractivity contribution < 1.29 is 17.6 Å². The maximum absolute atomic E-state index is 12.5. The van der Waals surface area contributed by atoms with Crippen LogP contribution in [0.1, 0.15) is 17.7 Å². The highest BCUT2D eigenvalue weighted by atomic mass is 79.9. The highest BCUT2D eigenvalue weighted by molar-refractivity contribution is 9.08. The van der Waals surface area contributed by atoms with Crippen molar-refractivity contribution in [2.45, 2.75) is 11.8 Å². The molecule has 13 heavy (non-hydrogen) atoms. The zero-order valence-electron chi connectivity index (χ0n) is 6.20. The molecule has 1 nitrogen and oxygen atoms in total. The molecule has 0 fully saturated rings. The Morgan fingerprint density at radius 1 is 1.38 bits per heavy atom. The van der Waals surface area contributed by atoms with Gasteiger partial charge in [-0.05, 0) is 11.6 Å². The van der Waals surface area contributed by atoms with Crippen molar-refractivity contribution in [3.8, 4) is 0 Å². The Morgan fingerprint density at radius 3 is 2.46 bits per heavy atom. The van der Waals surface area contributed by atoms with Gasteiger partial charge in [-0.3, -0.25) is 0 Å². The summed E-state index contributed by atoms with van der Waals surface area (Å²) in [6.45, 7) is 0. The van der Waals surface area contributed by atoms with Gasteiger partial charge < -0.3 is 0 Å². The number of aromatic nitrogens is 1. The lowest BCUT2D eigenvalue weighted by Crippen LogP contribution is -2.02. The van der Waals surface area contributed by atoms with E-state index in [0.717, 1.165) is 0 Å². The van der Waals surface area contributed by atoms with E-state index in [1.165, 1.54) is 0 Å². The van der Waals surface area contributed by atoms with Crippen molar-refractivity contribution in [3.05, 3.63) is 29.1 Å². The number of rotatable bonds is 2. The van der Waals surface area contributed by atoms with Crippen molar-refractivity contribution in [2.75, 3.05) is 0 Å². The monoisotopic (exact) mass is 257 g/mol. The Hall–Kier alpha value is -0.650. The van der Waals surface area contributed by atoms with Crippen LogP contribution in [0.3, 0.4) is 0 Å². The van der Waals surface area contributed by atoms with Crippen LogP contribution in [-0.4, -0.2) is 4.98 Å². The normalized spacial score (nSPS) is 10.9. The van der Waals surface area contributed by atoms with E-state index in [1.807, 2.05) is 0 Å². The first-order valence-electron chi connectivity index (χ1n) is 3.25. The van der Waals surface area contributed by atoms with Crippen LogP contribution in [0.4, 0.5) is 17.6 Å². The molecule has 6 heteroatoms. The largest absolute Gasteiger partial charge is 0.280 e. The van der Waals surface area contributed by atoms with E-state index in [-0.39, 0.29) is 10.9 Å². The van der Waals surface area contributed by atoms with E-state index in [9.17, 15) is 17.6 Å². The molecule has 0 N–H and O–H groups in total. The van der Waals surface area contributed by atoms with Crippen molar-refractivity contribution >= 4 is 15.9 Å². The highest BCUT2D eigenvalue weighted by Gasteiger charge is 2.17. The van der Waals surface area contributed by atoms with Crippen LogP contribution < -0.4 is 0 Å². The Labute approximate surface area is 79.9 Å². The van der Waals surface area contributed by atoms with E-state index in [2.05, 4.69) is 20.9 Å². The lowest BCUT2D eigenvalue weighted by molar-refractivity contribution is 0.143. The van der Waals surface area contributed by atoms with Gasteiger partial charge in [0.15, 0.2) is 5.82 Å². The first-order chi connectivity index (χ1) is 6.06. The SMILES string of the molecule is Fc1cc(CBr)c(C(F)F)nc1F. The molecule has 0 aliphatic heterocycles. The number of alkyl halides is 3. The number of nitrogens with zero attached hydrogens (tertiary/aromatic N) is 1. The molecular formula is C7H4BrF4N. The predicted octanol–water partition coefficient (Wildman–Crippen LogP) is 3.19. The van der Waals surface area contributed by atoms with Gasteiger partial charge in [-0.2, -0.15) is 4.39 Å². The van der Waals surface area contributed by atoms with Crippen LogP contribution in [-0.2, 0) is 5.33 Å². The van der Waals surface area contributed by atoms with E-state index in [4.69, 9.17) is 0 Å². The van der Waals surface area contributed by atoms with Gasteiger partial charge >= 0.3 is 0 Å². The summed E-state index contributed by atoms with van der Waals surface area (Å²) in [6.07, 6.45) is -2.90. The minimum Gasteiger partial charge on any atom is -0.216 e. The highest BCUT2D eigenvalue weighted by Crippen LogP contribution is 2.23. The first kappa shape index (κ1) is 10.4. The summed E-state index contributed by atoms with van der Waals surface area (Å²) in [5, 5.41) is 0.0108. The number of hydrogen-bond acceptors (Lipinski definition) is 1. The van der Waals surface area contributed by atoms with Crippen LogP contribution in [0, 0.1) is 11.8 Å². The molecular weight excluding hydrogens is 254 g/mol. The van der Waals surface area contributed by atoms with Gasteiger partial charge in [-0.25, -0.2) is 18.2 Å². The van der Waals surface area contributed by atoms with Gasteiger partial charge in [0.25, 0.3) is 6.43 Å². The maximum Gasteiger partial charge on any atom is 0.280 e. The number of pyridine rings is 1. The third kappa shape index (κ3) is 2.18. The molecule has 72 valence electrons. The standard InChI is InChI=1S/C7H4BrF4N/c8-2-3-1-4(9)7(12)13-5(3)6(10)11/h1,6H,2H2. The topological polar surface area (TPSA) is 12.9 Å². The molecule has 0 aromatic carbocycles. The lowest BCUT2D eigenvalue weighted by Gasteiger charge is -2.05. The molecule has 0 unspecified atom stereocenters. The van der Waals surface area contributed by atoms with Crippen molar-refractivity contribution in [3.63, 3.8) is 0 Å². The lowest BCUT2D eigenvalue weighted by atomic mass is 10.2. The quantitative estimate of drug-likeness (QED) is 0.451. The Bertz CT molecular complexity index is 316. The van der Waals surface area contributed by atoms with Crippen molar-refractivity contribution in [1.29, 1.82) is 0 Å². The Kier molecular flexibility index (Phi) is 3.24. The second kappa shape index (κ2) is 4.04. The Balaban J connectivity index is 3.25. The molecule has 1 aromatic heterocycles. The molecule has 0 amide bonds. The van der Waals surface area contributed by atoms with E-state index >= 15 is 0 Å². The third-order valence-electron chi connectivity index (χ3n) is 1.40. The van der Waals surface area contributed by atoms with Crippen LogP contribution in [0.25, 0.3) is 0 Å². The Morgan fingerprint density at radius 2 is 2.00 bits per heavy atom. The first-order valence-corrected chi connectivity index (χ1v) is 4.37. The molecule has 1 aromatic rings. The summed E-state index contributed by atoms with van der Waals surface area (Å²) in [4.78, 5) is 2.82. The third-order valence-corrected chi connectivity index (χ3v) is 2.00. The van der Waals surface area contributed by atoms with Crippen molar-refractivity contribution in [2.24, 2.45) is 0 Å².